The van der Waals surface area contributed by atoms with E-state index < -0.39 is 0 Å². The van der Waals surface area contributed by atoms with Gasteiger partial charge in [0.2, 0.25) is 11.9 Å². The van der Waals surface area contributed by atoms with E-state index in [9.17, 15) is 4.79 Å². The lowest BCUT2D eigenvalue weighted by molar-refractivity contribution is -0.125. The van der Waals surface area contributed by atoms with Crippen molar-refractivity contribution in [3.63, 3.8) is 0 Å². The first-order valence-corrected chi connectivity index (χ1v) is 7.79. The van der Waals surface area contributed by atoms with Gasteiger partial charge < -0.3 is 0 Å². The monoisotopic (exact) mass is 297 g/mol. The molecule has 114 valence electrons. The van der Waals surface area contributed by atoms with Gasteiger partial charge in [0.1, 0.15) is 6.33 Å². The van der Waals surface area contributed by atoms with Gasteiger partial charge in [-0.25, -0.2) is 0 Å². The molecule has 1 saturated heterocycles. The summed E-state index contributed by atoms with van der Waals surface area (Å²) in [6, 6.07) is 10.7. The second kappa shape index (κ2) is 5.53. The van der Waals surface area contributed by atoms with Crippen molar-refractivity contribution in [3.8, 4) is 0 Å². The molecular formula is C16H19N5O. The summed E-state index contributed by atoms with van der Waals surface area (Å²) >= 11 is 0. The van der Waals surface area contributed by atoms with Gasteiger partial charge in [0.05, 0.1) is 6.04 Å². The zero-order valence-corrected chi connectivity index (χ0v) is 12.4. The number of likely N-dealkylation sites (tertiary alicyclic amines) is 1. The Balaban J connectivity index is 1.39. The third-order valence-electron chi connectivity index (χ3n) is 4.41. The van der Waals surface area contributed by atoms with E-state index in [1.165, 1.54) is 5.56 Å². The summed E-state index contributed by atoms with van der Waals surface area (Å²) in [6.07, 6.45) is 4.89. The molecule has 0 bridgehead atoms. The van der Waals surface area contributed by atoms with Gasteiger partial charge >= 0.3 is 0 Å². The van der Waals surface area contributed by atoms with Crippen LogP contribution in [0.4, 0.5) is 5.95 Å². The molecule has 1 aromatic heterocycles. The second-order valence-electron chi connectivity index (χ2n) is 6.04. The number of hydrogen-bond acceptors (Lipinski definition) is 4. The van der Waals surface area contributed by atoms with Gasteiger partial charge in [0.25, 0.3) is 0 Å². The van der Waals surface area contributed by atoms with Crippen LogP contribution in [0.2, 0.25) is 0 Å². The van der Waals surface area contributed by atoms with Crippen LogP contribution < -0.4 is 5.32 Å². The quantitative estimate of drug-likeness (QED) is 0.914. The number of benzene rings is 1. The molecule has 6 nitrogen and oxygen atoms in total. The third kappa shape index (κ3) is 2.62. The highest BCUT2D eigenvalue weighted by atomic mass is 16.2. The Morgan fingerprint density at radius 3 is 2.73 bits per heavy atom. The summed E-state index contributed by atoms with van der Waals surface area (Å²) in [6.45, 7) is 1.77. The van der Waals surface area contributed by atoms with Gasteiger partial charge in [-0.15, -0.1) is 10.2 Å². The van der Waals surface area contributed by atoms with Crippen LogP contribution in [-0.4, -0.2) is 38.2 Å². The van der Waals surface area contributed by atoms with E-state index in [4.69, 9.17) is 0 Å². The van der Waals surface area contributed by atoms with Crippen molar-refractivity contribution in [3.05, 3.63) is 42.2 Å². The van der Waals surface area contributed by atoms with Gasteiger partial charge in [-0.2, -0.15) is 0 Å². The molecule has 2 heterocycles. The van der Waals surface area contributed by atoms with Gasteiger partial charge in [0, 0.05) is 19.1 Å². The number of nitrogens with zero attached hydrogens (tertiary/aromatic N) is 4. The van der Waals surface area contributed by atoms with E-state index in [-0.39, 0.29) is 11.9 Å². The Kier molecular flexibility index (Phi) is 3.38. The van der Waals surface area contributed by atoms with E-state index >= 15 is 0 Å². The van der Waals surface area contributed by atoms with Crippen molar-refractivity contribution in [1.29, 1.82) is 0 Å². The maximum absolute atomic E-state index is 12.5. The lowest BCUT2D eigenvalue weighted by Crippen LogP contribution is -2.53. The van der Waals surface area contributed by atoms with Crippen LogP contribution in [0.3, 0.4) is 0 Å². The molecule has 1 N–H and O–H groups in total. The number of amides is 1. The third-order valence-corrected chi connectivity index (χ3v) is 4.41. The molecule has 4 rings (SSSR count). The summed E-state index contributed by atoms with van der Waals surface area (Å²) < 4.78 is 1.97. The van der Waals surface area contributed by atoms with E-state index in [1.54, 1.807) is 6.33 Å². The Bertz CT molecular complexity index is 664. The Morgan fingerprint density at radius 2 is 2.05 bits per heavy atom. The Labute approximate surface area is 129 Å². The fourth-order valence-corrected chi connectivity index (χ4v) is 2.89. The molecule has 1 amide bonds. The zero-order chi connectivity index (χ0) is 14.9. The van der Waals surface area contributed by atoms with E-state index in [0.29, 0.717) is 12.0 Å². The van der Waals surface area contributed by atoms with Crippen LogP contribution in [0.25, 0.3) is 0 Å². The molecule has 1 atom stereocenters. The minimum Gasteiger partial charge on any atom is -0.297 e. The largest absolute Gasteiger partial charge is 0.297 e. The molecule has 0 radical (unpaired) electrons. The van der Waals surface area contributed by atoms with Crippen molar-refractivity contribution in [2.75, 3.05) is 11.9 Å². The fourth-order valence-electron chi connectivity index (χ4n) is 2.89. The van der Waals surface area contributed by atoms with Gasteiger partial charge in [-0.1, -0.05) is 30.3 Å². The van der Waals surface area contributed by atoms with Crippen LogP contribution in [-0.2, 0) is 11.3 Å². The summed E-state index contributed by atoms with van der Waals surface area (Å²) in [5.74, 6) is 0.608. The first-order chi connectivity index (χ1) is 10.8. The summed E-state index contributed by atoms with van der Waals surface area (Å²) in [5.41, 5.74) is 1.24. The number of rotatable bonds is 5. The molecule has 2 aliphatic rings. The van der Waals surface area contributed by atoms with Gasteiger partial charge in [-0.3, -0.25) is 19.6 Å². The number of anilines is 1. The minimum atomic E-state index is -0.0652. The van der Waals surface area contributed by atoms with Crippen LogP contribution >= 0.6 is 0 Å². The summed E-state index contributed by atoms with van der Waals surface area (Å²) in [5, 5.41) is 10.9. The highest BCUT2D eigenvalue weighted by Gasteiger charge is 2.35. The Hall–Kier alpha value is -2.21. The topological polar surface area (TPSA) is 63.1 Å². The lowest BCUT2D eigenvalue weighted by Gasteiger charge is -2.39. The van der Waals surface area contributed by atoms with Gasteiger partial charge in [0.15, 0.2) is 0 Å². The van der Waals surface area contributed by atoms with E-state index in [0.717, 1.165) is 32.4 Å². The van der Waals surface area contributed by atoms with Crippen LogP contribution in [0, 0.1) is 0 Å². The van der Waals surface area contributed by atoms with E-state index in [2.05, 4.69) is 32.5 Å². The molecule has 1 saturated carbocycles. The van der Waals surface area contributed by atoms with Crippen molar-refractivity contribution < 1.29 is 4.79 Å². The molecule has 2 aromatic rings. The number of hydrogen-bond donors (Lipinski definition) is 1. The molecule has 22 heavy (non-hydrogen) atoms. The van der Waals surface area contributed by atoms with Crippen LogP contribution in [0.5, 0.6) is 0 Å². The highest BCUT2D eigenvalue weighted by molar-refractivity contribution is 5.94. The lowest BCUT2D eigenvalue weighted by atomic mass is 10.0. The second-order valence-corrected chi connectivity index (χ2v) is 6.04. The molecule has 1 unspecified atom stereocenters. The van der Waals surface area contributed by atoms with Crippen molar-refractivity contribution in [1.82, 2.24) is 19.7 Å². The first-order valence-electron chi connectivity index (χ1n) is 7.79. The maximum Gasteiger partial charge on any atom is 0.244 e. The molecular weight excluding hydrogens is 278 g/mol. The van der Waals surface area contributed by atoms with E-state index in [1.807, 2.05) is 22.8 Å². The van der Waals surface area contributed by atoms with Gasteiger partial charge in [-0.05, 0) is 24.8 Å². The normalized spacial score (nSPS) is 21.4. The average molecular weight is 297 g/mol. The Morgan fingerprint density at radius 1 is 1.23 bits per heavy atom. The fraction of sp³-hybridized carbons (Fsp3) is 0.438. The highest BCUT2D eigenvalue weighted by Crippen LogP contribution is 2.36. The van der Waals surface area contributed by atoms with Crippen LogP contribution in [0.15, 0.2) is 36.7 Å². The minimum absolute atomic E-state index is 0.0251. The molecule has 1 aliphatic heterocycles. The summed E-state index contributed by atoms with van der Waals surface area (Å²) in [4.78, 5) is 14.7. The molecule has 6 heteroatoms. The number of carbonyl (C=O) groups is 1. The smallest absolute Gasteiger partial charge is 0.244 e. The van der Waals surface area contributed by atoms with Crippen molar-refractivity contribution >= 4 is 11.9 Å². The number of aromatic nitrogens is 3. The molecule has 1 aromatic carbocycles. The first kappa shape index (κ1) is 13.5. The van der Waals surface area contributed by atoms with Crippen molar-refractivity contribution in [2.45, 2.75) is 37.9 Å². The molecule has 1 aliphatic carbocycles. The predicted molar refractivity (Wildman–Crippen MR) is 82.2 cm³/mol. The summed E-state index contributed by atoms with van der Waals surface area (Å²) in [7, 11) is 0. The maximum atomic E-state index is 12.5. The number of carbonyl (C=O) groups excluding carboxylic acids is 1. The standard InChI is InChI=1S/C16H19N5O/c22-15(18-16-19-17-11-21(16)13-6-7-13)14-8-9-20(14)10-12-4-2-1-3-5-12/h1-5,11,13-14H,6-10H2,(H,18,19,22). The average Bonchev–Trinajstić information content (AvgIpc) is 3.25. The molecule has 0 spiro atoms. The van der Waals surface area contributed by atoms with Crippen molar-refractivity contribution in [2.24, 2.45) is 0 Å². The number of nitrogens with one attached hydrogen (secondary N) is 1. The zero-order valence-electron chi connectivity index (χ0n) is 12.4. The molecule has 2 fully saturated rings. The SMILES string of the molecule is O=C(Nc1nncn1C1CC1)C1CCN1Cc1ccccc1. The predicted octanol–water partition coefficient (Wildman–Crippen LogP) is 1.83. The van der Waals surface area contributed by atoms with Crippen LogP contribution in [0.1, 0.15) is 30.9 Å².